The molecule has 0 radical (unpaired) electrons. The van der Waals surface area contributed by atoms with Gasteiger partial charge in [-0.3, -0.25) is 9.10 Å². The number of carbonyl (C=O) groups is 1. The number of halogens is 1. The highest BCUT2D eigenvalue weighted by Crippen LogP contribution is 2.38. The summed E-state index contributed by atoms with van der Waals surface area (Å²) in [6.07, 6.45) is 0.948. The molecule has 1 aliphatic heterocycles. The summed E-state index contributed by atoms with van der Waals surface area (Å²) in [6.45, 7) is -0.158. The van der Waals surface area contributed by atoms with E-state index >= 15 is 0 Å². The van der Waals surface area contributed by atoms with Crippen molar-refractivity contribution in [2.24, 2.45) is 0 Å². The van der Waals surface area contributed by atoms with Gasteiger partial charge in [-0.25, -0.2) is 8.42 Å². The quantitative estimate of drug-likeness (QED) is 0.415. The van der Waals surface area contributed by atoms with Crippen LogP contribution < -0.4 is 14.4 Å². The molecule has 1 heterocycles. The molecule has 6 rings (SSSR count). The summed E-state index contributed by atoms with van der Waals surface area (Å²) in [7, 11) is -3.95. The average molecular weight is 505 g/mol. The number of rotatable bonds is 4. The molecule has 35 heavy (non-hydrogen) atoms. The van der Waals surface area contributed by atoms with Crippen molar-refractivity contribution in [3.63, 3.8) is 0 Å². The number of amides is 1. The molecule has 1 aliphatic carbocycles. The Labute approximate surface area is 208 Å². The zero-order chi connectivity index (χ0) is 24.2. The second-order valence-electron chi connectivity index (χ2n) is 8.67. The first kappa shape index (κ1) is 21.9. The Kier molecular flexibility index (Phi) is 5.20. The van der Waals surface area contributed by atoms with Crippen molar-refractivity contribution >= 4 is 49.7 Å². The zero-order valence-corrected chi connectivity index (χ0v) is 20.1. The van der Waals surface area contributed by atoms with Crippen LogP contribution in [0.3, 0.4) is 0 Å². The van der Waals surface area contributed by atoms with Crippen LogP contribution in [0.15, 0.2) is 83.8 Å². The van der Waals surface area contributed by atoms with Crippen LogP contribution in [0.5, 0.6) is 5.75 Å². The Bertz CT molecular complexity index is 1570. The molecular formula is C27H21ClN2O4S. The average Bonchev–Trinajstić information content (AvgIpc) is 3.30. The topological polar surface area (TPSA) is 75.7 Å². The molecule has 0 spiro atoms. The Morgan fingerprint density at radius 3 is 2.46 bits per heavy atom. The van der Waals surface area contributed by atoms with E-state index in [9.17, 15) is 13.2 Å². The largest absolute Gasteiger partial charge is 0.476 e. The van der Waals surface area contributed by atoms with Gasteiger partial charge in [-0.2, -0.15) is 0 Å². The number of anilines is 2. The molecule has 0 bridgehead atoms. The molecule has 0 saturated carbocycles. The summed E-state index contributed by atoms with van der Waals surface area (Å²) in [5.41, 5.74) is 3.62. The van der Waals surface area contributed by atoms with E-state index in [-0.39, 0.29) is 11.4 Å². The second-order valence-corrected chi connectivity index (χ2v) is 11.0. The molecule has 4 aromatic rings. The summed E-state index contributed by atoms with van der Waals surface area (Å²) >= 11 is 5.95. The Balaban J connectivity index is 1.34. The third-order valence-corrected chi connectivity index (χ3v) is 8.61. The molecular weight excluding hydrogens is 484 g/mol. The van der Waals surface area contributed by atoms with Gasteiger partial charge in [0.2, 0.25) is 0 Å². The zero-order valence-electron chi connectivity index (χ0n) is 18.6. The fourth-order valence-corrected chi connectivity index (χ4v) is 6.47. The number of hydrogen-bond donors (Lipinski definition) is 1. The molecule has 1 amide bonds. The lowest BCUT2D eigenvalue weighted by atomic mass is 10.0. The minimum absolute atomic E-state index is 0.0882. The van der Waals surface area contributed by atoms with Crippen LogP contribution in [-0.4, -0.2) is 27.0 Å². The maximum atomic E-state index is 13.5. The van der Waals surface area contributed by atoms with Crippen molar-refractivity contribution in [1.82, 2.24) is 0 Å². The lowest BCUT2D eigenvalue weighted by Gasteiger charge is -2.34. The smallest absolute Gasteiger partial charge is 0.267 e. The first-order valence-corrected chi connectivity index (χ1v) is 13.1. The summed E-state index contributed by atoms with van der Waals surface area (Å²) < 4.78 is 34.3. The van der Waals surface area contributed by atoms with E-state index in [0.29, 0.717) is 22.1 Å². The van der Waals surface area contributed by atoms with Crippen LogP contribution in [0.1, 0.15) is 11.1 Å². The number of ether oxygens (including phenoxy) is 1. The van der Waals surface area contributed by atoms with E-state index in [1.165, 1.54) is 45.1 Å². The monoisotopic (exact) mass is 504 g/mol. The van der Waals surface area contributed by atoms with Gasteiger partial charge >= 0.3 is 0 Å². The van der Waals surface area contributed by atoms with Crippen LogP contribution in [-0.2, 0) is 27.7 Å². The Morgan fingerprint density at radius 1 is 0.914 bits per heavy atom. The number of nitrogens with one attached hydrogen (secondary N) is 1. The number of benzene rings is 4. The van der Waals surface area contributed by atoms with Crippen molar-refractivity contribution < 1.29 is 17.9 Å². The summed E-state index contributed by atoms with van der Waals surface area (Å²) in [6, 6.07) is 22.8. The highest BCUT2D eigenvalue weighted by atomic mass is 35.5. The molecule has 8 heteroatoms. The van der Waals surface area contributed by atoms with E-state index in [2.05, 4.69) is 11.4 Å². The number of fused-ring (bicyclic) bond motifs is 1. The third-order valence-electron chi connectivity index (χ3n) is 6.56. The molecule has 2 aliphatic rings. The molecule has 0 fully saturated rings. The van der Waals surface area contributed by atoms with E-state index in [0.717, 1.165) is 18.2 Å². The van der Waals surface area contributed by atoms with Gasteiger partial charge in [-0.1, -0.05) is 48.0 Å². The fourth-order valence-electron chi connectivity index (χ4n) is 4.87. The number of sulfonamides is 1. The summed E-state index contributed by atoms with van der Waals surface area (Å²) in [5, 5.41) is 5.59. The molecule has 1 atom stereocenters. The molecule has 0 saturated heterocycles. The summed E-state index contributed by atoms with van der Waals surface area (Å²) in [4.78, 5) is 13.5. The SMILES string of the molecule is O=C(Nc1ccc2c3c(cccc13)CC2)[C@H]1CN(S(=O)(=O)c2ccc(Cl)cc2)c2ccccc2O1. The first-order valence-electron chi connectivity index (χ1n) is 11.3. The highest BCUT2D eigenvalue weighted by Gasteiger charge is 2.37. The van der Waals surface area contributed by atoms with E-state index in [1.807, 2.05) is 24.3 Å². The van der Waals surface area contributed by atoms with Gasteiger partial charge in [0.25, 0.3) is 15.9 Å². The minimum Gasteiger partial charge on any atom is -0.476 e. The van der Waals surface area contributed by atoms with Crippen LogP contribution in [0.2, 0.25) is 5.02 Å². The van der Waals surface area contributed by atoms with Gasteiger partial charge in [0.05, 0.1) is 17.1 Å². The number of carbonyl (C=O) groups excluding carboxylic acids is 1. The van der Waals surface area contributed by atoms with Crippen LogP contribution in [0.4, 0.5) is 11.4 Å². The van der Waals surface area contributed by atoms with Crippen molar-refractivity contribution in [3.8, 4) is 5.75 Å². The van der Waals surface area contributed by atoms with Gasteiger partial charge in [0, 0.05) is 16.1 Å². The second kappa shape index (κ2) is 8.29. The predicted octanol–water partition coefficient (Wildman–Crippen LogP) is 5.19. The molecule has 1 N–H and O–H groups in total. The lowest BCUT2D eigenvalue weighted by Crippen LogP contribution is -2.48. The standard InChI is InChI=1S/C27H21ClN2O4S/c28-19-11-13-20(14-12-19)35(32,33)30-16-25(34-24-7-2-1-6-23(24)30)27(31)29-22-15-10-18-9-8-17-4-3-5-21(22)26(17)18/h1-7,10-15,25H,8-9,16H2,(H,29,31)/t25-/m1/s1. The van der Waals surface area contributed by atoms with Gasteiger partial charge in [-0.05, 0) is 71.8 Å². The van der Waals surface area contributed by atoms with E-state index < -0.39 is 22.0 Å². The van der Waals surface area contributed by atoms with Gasteiger partial charge in [-0.15, -0.1) is 0 Å². The van der Waals surface area contributed by atoms with Gasteiger partial charge < -0.3 is 10.1 Å². The normalized spacial score (nSPS) is 16.6. The van der Waals surface area contributed by atoms with Crippen molar-refractivity contribution in [2.45, 2.75) is 23.8 Å². The van der Waals surface area contributed by atoms with Crippen molar-refractivity contribution in [1.29, 1.82) is 0 Å². The van der Waals surface area contributed by atoms with Crippen LogP contribution in [0, 0.1) is 0 Å². The predicted molar refractivity (Wildman–Crippen MR) is 137 cm³/mol. The van der Waals surface area contributed by atoms with Crippen LogP contribution >= 0.6 is 11.6 Å². The maximum absolute atomic E-state index is 13.5. The summed E-state index contributed by atoms with van der Waals surface area (Å²) in [5.74, 6) is -0.0774. The minimum atomic E-state index is -3.95. The van der Waals surface area contributed by atoms with E-state index in [4.69, 9.17) is 16.3 Å². The maximum Gasteiger partial charge on any atom is 0.267 e. The van der Waals surface area contributed by atoms with E-state index in [1.54, 1.807) is 24.3 Å². The molecule has 0 aromatic heterocycles. The first-order chi connectivity index (χ1) is 16.9. The number of nitrogens with zero attached hydrogens (tertiary/aromatic N) is 1. The van der Waals surface area contributed by atoms with Gasteiger partial charge in [0.15, 0.2) is 6.10 Å². The number of para-hydroxylation sites is 2. The molecule has 4 aromatic carbocycles. The number of hydrogen-bond acceptors (Lipinski definition) is 4. The Morgan fingerprint density at radius 2 is 1.66 bits per heavy atom. The third kappa shape index (κ3) is 3.72. The highest BCUT2D eigenvalue weighted by molar-refractivity contribution is 7.92. The van der Waals surface area contributed by atoms with Crippen molar-refractivity contribution in [2.75, 3.05) is 16.2 Å². The molecule has 6 nitrogen and oxygen atoms in total. The molecule has 0 unspecified atom stereocenters. The van der Waals surface area contributed by atoms with Crippen molar-refractivity contribution in [3.05, 3.63) is 95.0 Å². The Hall–Kier alpha value is -3.55. The van der Waals surface area contributed by atoms with Gasteiger partial charge in [0.1, 0.15) is 5.75 Å². The number of aryl methyl sites for hydroxylation is 2. The molecule has 176 valence electrons. The fraction of sp³-hybridized carbons (Fsp3) is 0.148. The van der Waals surface area contributed by atoms with Crippen LogP contribution in [0.25, 0.3) is 10.8 Å². The lowest BCUT2D eigenvalue weighted by molar-refractivity contribution is -0.122.